The number of nitrogens with zero attached hydrogens (tertiary/aromatic N) is 6. The summed E-state index contributed by atoms with van der Waals surface area (Å²) in [4.78, 5) is 47.4. The Labute approximate surface area is 237 Å². The third-order valence-corrected chi connectivity index (χ3v) is 9.56. The number of piperidine rings is 1. The van der Waals surface area contributed by atoms with Crippen LogP contribution in [0.3, 0.4) is 0 Å². The van der Waals surface area contributed by atoms with Crippen LogP contribution in [-0.4, -0.2) is 87.4 Å². The number of nitrogens with one attached hydrogen (secondary N) is 1. The molecule has 0 bridgehead atoms. The van der Waals surface area contributed by atoms with Crippen molar-refractivity contribution < 1.29 is 9.59 Å². The number of piperazine rings is 1. The Balaban J connectivity index is 0.926. The number of aromatic nitrogens is 3. The third-order valence-electron chi connectivity index (χ3n) is 8.55. The number of benzene rings is 1. The van der Waals surface area contributed by atoms with Crippen molar-refractivity contribution in [3.8, 4) is 0 Å². The van der Waals surface area contributed by atoms with Crippen LogP contribution in [-0.2, 0) is 13.0 Å². The van der Waals surface area contributed by atoms with Gasteiger partial charge in [0.15, 0.2) is 0 Å². The molecule has 0 radical (unpaired) electrons. The van der Waals surface area contributed by atoms with Gasteiger partial charge in [0.2, 0.25) is 0 Å². The van der Waals surface area contributed by atoms with Gasteiger partial charge in [-0.25, -0.2) is 14.8 Å². The molecule has 3 aromatic heterocycles. The summed E-state index contributed by atoms with van der Waals surface area (Å²) in [6.07, 6.45) is 4.42. The molecule has 3 amide bonds. The lowest BCUT2D eigenvalue weighted by atomic mass is 9.98. The van der Waals surface area contributed by atoms with Crippen molar-refractivity contribution >= 4 is 40.0 Å². The predicted octanol–water partition coefficient (Wildman–Crippen LogP) is 4.34. The number of hydrogen-bond acceptors (Lipinski definition) is 6. The van der Waals surface area contributed by atoms with E-state index in [0.717, 1.165) is 67.5 Å². The van der Waals surface area contributed by atoms with Crippen LogP contribution in [0.4, 0.5) is 10.6 Å². The number of carbonyl (C=O) groups is 2. The van der Waals surface area contributed by atoms with Crippen molar-refractivity contribution in [2.24, 2.45) is 0 Å². The van der Waals surface area contributed by atoms with E-state index in [9.17, 15) is 9.59 Å². The summed E-state index contributed by atoms with van der Waals surface area (Å²) >= 11 is 1.58. The first-order chi connectivity index (χ1) is 19.6. The van der Waals surface area contributed by atoms with Gasteiger partial charge >= 0.3 is 6.03 Å². The number of anilines is 1. The van der Waals surface area contributed by atoms with Crippen LogP contribution in [0.25, 0.3) is 10.9 Å². The summed E-state index contributed by atoms with van der Waals surface area (Å²) < 4.78 is 0. The van der Waals surface area contributed by atoms with E-state index in [1.165, 1.54) is 10.9 Å². The molecule has 40 heavy (non-hydrogen) atoms. The van der Waals surface area contributed by atoms with E-state index in [-0.39, 0.29) is 11.9 Å². The minimum absolute atomic E-state index is 0.00395. The number of thiazole rings is 1. The van der Waals surface area contributed by atoms with Crippen LogP contribution in [0, 0.1) is 0 Å². The van der Waals surface area contributed by atoms with Crippen molar-refractivity contribution in [1.82, 2.24) is 29.7 Å². The van der Waals surface area contributed by atoms with Crippen LogP contribution >= 0.6 is 11.3 Å². The number of para-hydroxylation sites is 1. The van der Waals surface area contributed by atoms with Crippen LogP contribution in [0.1, 0.15) is 45.5 Å². The van der Waals surface area contributed by atoms with Gasteiger partial charge in [-0.15, -0.1) is 11.3 Å². The molecule has 7 rings (SSSR count). The number of amides is 3. The van der Waals surface area contributed by atoms with Crippen LogP contribution in [0.5, 0.6) is 0 Å². The van der Waals surface area contributed by atoms with Crippen molar-refractivity contribution in [3.05, 3.63) is 76.0 Å². The molecule has 0 saturated carbocycles. The van der Waals surface area contributed by atoms with Crippen LogP contribution in [0.2, 0.25) is 0 Å². The molecular formula is C30H33N7O2S. The zero-order valence-electron chi connectivity index (χ0n) is 22.5. The van der Waals surface area contributed by atoms with Gasteiger partial charge in [-0.3, -0.25) is 4.79 Å². The second kappa shape index (κ2) is 10.6. The molecule has 0 atom stereocenters. The van der Waals surface area contributed by atoms with Crippen LogP contribution < -0.4 is 4.90 Å². The largest absolute Gasteiger partial charge is 0.357 e. The molecule has 2 saturated heterocycles. The van der Waals surface area contributed by atoms with E-state index in [1.807, 2.05) is 50.5 Å². The number of likely N-dealkylation sites (tertiary alicyclic amines) is 1. The molecule has 9 nitrogen and oxygen atoms in total. The number of carbonyl (C=O) groups excluding carboxylic acids is 2. The third kappa shape index (κ3) is 4.70. The molecule has 0 aliphatic carbocycles. The van der Waals surface area contributed by atoms with Gasteiger partial charge in [0.1, 0.15) is 11.5 Å². The van der Waals surface area contributed by atoms with E-state index in [4.69, 9.17) is 4.98 Å². The molecule has 4 aromatic rings. The molecule has 206 valence electrons. The summed E-state index contributed by atoms with van der Waals surface area (Å²) in [5.41, 5.74) is 4.14. The van der Waals surface area contributed by atoms with Gasteiger partial charge in [-0.05, 0) is 43.0 Å². The Hall–Kier alpha value is -3.92. The highest BCUT2D eigenvalue weighted by atomic mass is 32.1. The number of H-pyrrole nitrogens is 1. The van der Waals surface area contributed by atoms with Crippen molar-refractivity contribution in [1.29, 1.82) is 0 Å². The van der Waals surface area contributed by atoms with Crippen LogP contribution in [0.15, 0.2) is 54.0 Å². The topological polar surface area (TPSA) is 88.7 Å². The Kier molecular flexibility index (Phi) is 6.63. The van der Waals surface area contributed by atoms with E-state index in [2.05, 4.69) is 33.1 Å². The van der Waals surface area contributed by atoms with E-state index in [0.29, 0.717) is 37.8 Å². The number of aromatic amines is 1. The van der Waals surface area contributed by atoms with Gasteiger partial charge in [0, 0.05) is 79.9 Å². The average Bonchev–Trinajstić information content (AvgIpc) is 3.66. The zero-order valence-corrected chi connectivity index (χ0v) is 23.3. The highest BCUT2D eigenvalue weighted by molar-refractivity contribution is 7.09. The minimum atomic E-state index is 0.00395. The maximum Gasteiger partial charge on any atom is 0.320 e. The molecule has 6 heterocycles. The normalized spacial score (nSPS) is 18.3. The molecule has 0 unspecified atom stereocenters. The number of hydrogen-bond donors (Lipinski definition) is 1. The molecule has 10 heteroatoms. The molecular weight excluding hydrogens is 522 g/mol. The first kappa shape index (κ1) is 25.1. The number of pyridine rings is 1. The smallest absolute Gasteiger partial charge is 0.320 e. The number of fused-ring (bicyclic) bond motifs is 3. The monoisotopic (exact) mass is 555 g/mol. The standard InChI is InChI=1S/C30H33N7O2S/c38-29(37-14-10-23-22-5-1-2-6-24(22)32-25(23)19-37)26-20-40-28(33-26)21-8-12-35(13-9-21)30(39)36-17-15-34(16-18-36)27-7-3-4-11-31-27/h1-7,11,20-21,32H,8-10,12-19H2. The lowest BCUT2D eigenvalue weighted by molar-refractivity contribution is 0.0727. The highest BCUT2D eigenvalue weighted by Crippen LogP contribution is 2.32. The number of rotatable bonds is 3. The van der Waals surface area contributed by atoms with Crippen molar-refractivity contribution in [2.45, 2.75) is 31.7 Å². The summed E-state index contributed by atoms with van der Waals surface area (Å²) in [5, 5.41) is 4.19. The molecule has 1 aromatic carbocycles. The van der Waals surface area contributed by atoms with Gasteiger partial charge in [-0.2, -0.15) is 0 Å². The van der Waals surface area contributed by atoms with Gasteiger partial charge in [-0.1, -0.05) is 24.3 Å². The van der Waals surface area contributed by atoms with E-state index >= 15 is 0 Å². The Morgan fingerprint density at radius 2 is 1.65 bits per heavy atom. The molecule has 1 N–H and O–H groups in total. The SMILES string of the molecule is O=C(c1csc(C2CCN(C(=O)N3CCN(c4ccccn4)CC3)CC2)n1)N1CCc2c([nH]c3ccccc23)C1. The first-order valence-electron chi connectivity index (χ1n) is 14.2. The predicted molar refractivity (Wildman–Crippen MR) is 156 cm³/mol. The first-order valence-corrected chi connectivity index (χ1v) is 15.0. The zero-order chi connectivity index (χ0) is 27.1. The minimum Gasteiger partial charge on any atom is -0.357 e. The van der Waals surface area contributed by atoms with Crippen molar-refractivity contribution in [2.75, 3.05) is 50.7 Å². The lowest BCUT2D eigenvalue weighted by Crippen LogP contribution is -2.54. The summed E-state index contributed by atoms with van der Waals surface area (Å²) in [7, 11) is 0. The lowest BCUT2D eigenvalue weighted by Gasteiger charge is -2.39. The fraction of sp³-hybridized carbons (Fsp3) is 0.400. The summed E-state index contributed by atoms with van der Waals surface area (Å²) in [6, 6.07) is 14.4. The summed E-state index contributed by atoms with van der Waals surface area (Å²) in [5.74, 6) is 1.27. The molecule has 3 aliphatic rings. The van der Waals surface area contributed by atoms with Gasteiger partial charge in [0.05, 0.1) is 11.6 Å². The second-order valence-corrected chi connectivity index (χ2v) is 11.8. The summed E-state index contributed by atoms with van der Waals surface area (Å²) in [6.45, 7) is 5.77. The van der Waals surface area contributed by atoms with Crippen molar-refractivity contribution in [3.63, 3.8) is 0 Å². The quantitative estimate of drug-likeness (QED) is 0.406. The molecule has 0 spiro atoms. The Morgan fingerprint density at radius 3 is 2.45 bits per heavy atom. The second-order valence-electron chi connectivity index (χ2n) is 10.9. The van der Waals surface area contributed by atoms with Gasteiger partial charge < -0.3 is 24.6 Å². The fourth-order valence-corrected chi connectivity index (χ4v) is 7.25. The molecule has 2 fully saturated rings. The maximum absolute atomic E-state index is 13.3. The number of urea groups is 1. The van der Waals surface area contributed by atoms with E-state index < -0.39 is 0 Å². The average molecular weight is 556 g/mol. The Bertz CT molecular complexity index is 1520. The maximum atomic E-state index is 13.3. The fourth-order valence-electron chi connectivity index (χ4n) is 6.29. The highest BCUT2D eigenvalue weighted by Gasteiger charge is 2.31. The Morgan fingerprint density at radius 1 is 0.875 bits per heavy atom. The van der Waals surface area contributed by atoms with E-state index in [1.54, 1.807) is 11.3 Å². The molecule has 3 aliphatic heterocycles. The van der Waals surface area contributed by atoms with Gasteiger partial charge in [0.25, 0.3) is 5.91 Å².